The zero-order chi connectivity index (χ0) is 27.1. The highest BCUT2D eigenvalue weighted by Crippen LogP contribution is 2.53. The molecule has 1 aliphatic heterocycles. The van der Waals surface area contributed by atoms with E-state index in [2.05, 4.69) is 96.6 Å². The van der Waals surface area contributed by atoms with E-state index in [-0.39, 0.29) is 16.6 Å². The number of hydrogen-bond donors (Lipinski definition) is 0. The maximum Gasteiger partial charge on any atom is 0.222 e. The van der Waals surface area contributed by atoms with E-state index in [1.165, 1.54) is 53.9 Å². The molecule has 0 aliphatic carbocycles. The second kappa shape index (κ2) is 8.55. The van der Waals surface area contributed by atoms with Gasteiger partial charge in [-0.3, -0.25) is 0 Å². The molecule has 4 aromatic carbocycles. The van der Waals surface area contributed by atoms with Gasteiger partial charge in [-0.15, -0.1) is 0 Å². The highest BCUT2D eigenvalue weighted by Gasteiger charge is 2.33. The second-order valence-electron chi connectivity index (χ2n) is 13.6. The summed E-state index contributed by atoms with van der Waals surface area (Å²) in [5, 5.41) is 7.17. The van der Waals surface area contributed by atoms with E-state index < -0.39 is 0 Å². The Labute approximate surface area is 230 Å². The van der Waals surface area contributed by atoms with Crippen LogP contribution in [0, 0.1) is 23.6 Å². The third kappa shape index (κ3) is 4.20. The Morgan fingerprint density at radius 3 is 2.24 bits per heavy atom. The Hall–Kier alpha value is -2.91. The van der Waals surface area contributed by atoms with E-state index >= 15 is 0 Å². The van der Waals surface area contributed by atoms with Crippen LogP contribution in [0.4, 0.5) is 4.39 Å². The average molecular weight is 523 g/mol. The van der Waals surface area contributed by atoms with E-state index in [1.54, 1.807) is 12.1 Å². The van der Waals surface area contributed by atoms with Crippen molar-refractivity contribution in [2.24, 2.45) is 17.9 Å². The standard InChI is InChI=1S/C35H37FNS/c1-20-26-15-21(18-34(2,3)4)9-12-24(26)28(19-35(5,6)7)33-30(20)32-31-25(13-14-37(32)8)27-17-23(36)11-10-22(27)16-29(31)38-33/h9-17H,18-19H2,1-8H3/q+1. The fraction of sp³-hybridized carbons (Fsp3) is 0.343. The van der Waals surface area contributed by atoms with Gasteiger partial charge in [0.05, 0.1) is 10.9 Å². The van der Waals surface area contributed by atoms with Crippen LogP contribution in [-0.4, -0.2) is 0 Å². The van der Waals surface area contributed by atoms with Crippen LogP contribution in [0.5, 0.6) is 0 Å². The molecule has 3 heteroatoms. The number of rotatable bonds is 2. The van der Waals surface area contributed by atoms with Crippen LogP contribution in [0.3, 0.4) is 0 Å². The summed E-state index contributed by atoms with van der Waals surface area (Å²) in [5.74, 6) is -0.188. The molecular formula is C35H37FNS+. The van der Waals surface area contributed by atoms with Gasteiger partial charge in [0.1, 0.15) is 12.9 Å². The molecule has 194 valence electrons. The SMILES string of the molecule is Cc1c2c(c(CC(C)(C)C)c3ccc(CC(C)(C)C)cc13)Sc1cc3ccc(F)cc3c3cc[n+](C)c-2c13. The van der Waals surface area contributed by atoms with Crippen molar-refractivity contribution >= 4 is 44.1 Å². The lowest BCUT2D eigenvalue weighted by atomic mass is 9.81. The van der Waals surface area contributed by atoms with Gasteiger partial charge in [-0.1, -0.05) is 77.6 Å². The van der Waals surface area contributed by atoms with Gasteiger partial charge in [-0.25, -0.2) is 8.96 Å². The number of halogens is 1. The van der Waals surface area contributed by atoms with Gasteiger partial charge in [0.15, 0.2) is 6.20 Å². The third-order valence-corrected chi connectivity index (χ3v) is 8.94. The molecule has 1 aliphatic rings. The third-order valence-electron chi connectivity index (χ3n) is 7.74. The molecule has 1 aromatic heterocycles. The molecule has 0 N–H and O–H groups in total. The fourth-order valence-electron chi connectivity index (χ4n) is 6.28. The van der Waals surface area contributed by atoms with E-state index in [4.69, 9.17) is 0 Å². The van der Waals surface area contributed by atoms with E-state index in [0.29, 0.717) is 0 Å². The van der Waals surface area contributed by atoms with E-state index in [1.807, 2.05) is 17.8 Å². The Kier molecular flexibility index (Phi) is 5.71. The van der Waals surface area contributed by atoms with Crippen molar-refractivity contribution in [1.29, 1.82) is 0 Å². The number of nitrogens with zero attached hydrogens (tertiary/aromatic N) is 1. The van der Waals surface area contributed by atoms with Crippen LogP contribution in [-0.2, 0) is 19.9 Å². The van der Waals surface area contributed by atoms with E-state index in [0.717, 1.165) is 29.0 Å². The minimum atomic E-state index is -0.188. The van der Waals surface area contributed by atoms with Crippen LogP contribution < -0.4 is 4.57 Å². The molecule has 0 amide bonds. The summed E-state index contributed by atoms with van der Waals surface area (Å²) in [7, 11) is 2.15. The highest BCUT2D eigenvalue weighted by molar-refractivity contribution is 8.00. The zero-order valence-corrected chi connectivity index (χ0v) is 24.7. The number of fused-ring (bicyclic) bond motifs is 5. The van der Waals surface area contributed by atoms with Gasteiger partial charge in [-0.2, -0.15) is 0 Å². The van der Waals surface area contributed by atoms with Gasteiger partial charge < -0.3 is 0 Å². The summed E-state index contributed by atoms with van der Waals surface area (Å²) in [6, 6.07) is 16.8. The fourth-order valence-corrected chi connectivity index (χ4v) is 7.66. The molecule has 0 saturated heterocycles. The van der Waals surface area contributed by atoms with Crippen molar-refractivity contribution < 1.29 is 8.96 Å². The highest BCUT2D eigenvalue weighted by atomic mass is 32.2. The summed E-state index contributed by atoms with van der Waals surface area (Å²) in [5.41, 5.74) is 7.14. The first kappa shape index (κ1) is 25.4. The predicted octanol–water partition coefficient (Wildman–Crippen LogP) is 9.73. The van der Waals surface area contributed by atoms with Crippen LogP contribution in [0.2, 0.25) is 0 Å². The number of aromatic nitrogens is 1. The quantitative estimate of drug-likeness (QED) is 0.162. The number of hydrogen-bond acceptors (Lipinski definition) is 1. The molecule has 2 heterocycles. The van der Waals surface area contributed by atoms with Gasteiger partial charge in [-0.05, 0) is 87.0 Å². The van der Waals surface area contributed by atoms with Gasteiger partial charge in [0, 0.05) is 21.2 Å². The van der Waals surface area contributed by atoms with Crippen LogP contribution in [0.15, 0.2) is 64.5 Å². The van der Waals surface area contributed by atoms with Crippen LogP contribution in [0.25, 0.3) is 43.6 Å². The summed E-state index contributed by atoms with van der Waals surface area (Å²) in [4.78, 5) is 2.64. The van der Waals surface area contributed by atoms with Crippen molar-refractivity contribution in [2.45, 2.75) is 71.1 Å². The smallest absolute Gasteiger partial charge is 0.207 e. The Bertz CT molecular complexity index is 1780. The van der Waals surface area contributed by atoms with Crippen molar-refractivity contribution in [3.8, 4) is 11.3 Å². The van der Waals surface area contributed by atoms with Crippen molar-refractivity contribution in [3.05, 3.63) is 77.2 Å². The molecular weight excluding hydrogens is 485 g/mol. The summed E-state index contributed by atoms with van der Waals surface area (Å²) >= 11 is 1.91. The minimum absolute atomic E-state index is 0.149. The van der Waals surface area contributed by atoms with Gasteiger partial charge in [0.25, 0.3) is 0 Å². The van der Waals surface area contributed by atoms with Crippen molar-refractivity contribution in [3.63, 3.8) is 0 Å². The molecule has 38 heavy (non-hydrogen) atoms. The first-order valence-electron chi connectivity index (χ1n) is 13.6. The number of aryl methyl sites for hydroxylation is 2. The Balaban J connectivity index is 1.75. The first-order chi connectivity index (χ1) is 17.8. The molecule has 0 radical (unpaired) electrons. The van der Waals surface area contributed by atoms with Gasteiger partial charge >= 0.3 is 0 Å². The predicted molar refractivity (Wildman–Crippen MR) is 161 cm³/mol. The first-order valence-corrected chi connectivity index (χ1v) is 14.4. The van der Waals surface area contributed by atoms with Crippen molar-refractivity contribution in [2.75, 3.05) is 0 Å². The largest absolute Gasteiger partial charge is 0.222 e. The van der Waals surface area contributed by atoms with Crippen molar-refractivity contribution in [1.82, 2.24) is 0 Å². The Morgan fingerprint density at radius 1 is 0.789 bits per heavy atom. The monoisotopic (exact) mass is 522 g/mol. The molecule has 5 aromatic rings. The van der Waals surface area contributed by atoms with E-state index in [9.17, 15) is 4.39 Å². The molecule has 6 rings (SSSR count). The molecule has 0 atom stereocenters. The maximum absolute atomic E-state index is 14.4. The number of pyridine rings is 1. The lowest BCUT2D eigenvalue weighted by molar-refractivity contribution is -0.659. The summed E-state index contributed by atoms with van der Waals surface area (Å²) < 4.78 is 16.6. The summed E-state index contributed by atoms with van der Waals surface area (Å²) in [6.07, 6.45) is 4.20. The second-order valence-corrected chi connectivity index (χ2v) is 14.6. The zero-order valence-electron chi connectivity index (χ0n) is 23.8. The minimum Gasteiger partial charge on any atom is -0.207 e. The lowest BCUT2D eigenvalue weighted by Gasteiger charge is -2.28. The molecule has 0 saturated carbocycles. The maximum atomic E-state index is 14.4. The normalized spacial score (nSPS) is 13.5. The molecule has 1 nitrogen and oxygen atoms in total. The average Bonchev–Trinajstić information content (AvgIpc) is 2.81. The van der Waals surface area contributed by atoms with Crippen LogP contribution in [0.1, 0.15) is 58.2 Å². The number of benzene rings is 4. The van der Waals surface area contributed by atoms with Gasteiger partial charge in [0.2, 0.25) is 5.69 Å². The summed E-state index contributed by atoms with van der Waals surface area (Å²) in [6.45, 7) is 16.2. The molecule has 0 fully saturated rings. The molecule has 0 spiro atoms. The Morgan fingerprint density at radius 2 is 1.53 bits per heavy atom. The lowest BCUT2D eigenvalue weighted by Crippen LogP contribution is -2.32. The molecule has 0 unspecified atom stereocenters. The molecule has 0 bridgehead atoms. The topological polar surface area (TPSA) is 3.88 Å². The van der Waals surface area contributed by atoms with Crippen LogP contribution >= 0.6 is 11.8 Å².